The zero-order valence-corrected chi connectivity index (χ0v) is 20.5. The van der Waals surface area contributed by atoms with Crippen LogP contribution in [0.5, 0.6) is 0 Å². The number of carbonyl (C=O) groups is 3. The Hall–Kier alpha value is -4.57. The smallest absolute Gasteiger partial charge is 0.261 e. The number of rotatable bonds is 3. The first kappa shape index (κ1) is 22.6. The van der Waals surface area contributed by atoms with Crippen LogP contribution in [0.4, 0.5) is 5.69 Å². The normalized spacial score (nSPS) is 22.6. The van der Waals surface area contributed by atoms with E-state index >= 15 is 0 Å². The quantitative estimate of drug-likeness (QED) is 0.539. The largest absolute Gasteiger partial charge is 0.464 e. The topological polar surface area (TPSA) is 117 Å². The molecule has 0 aliphatic carbocycles. The average Bonchev–Trinajstić information content (AvgIpc) is 3.57. The summed E-state index contributed by atoms with van der Waals surface area (Å²) in [5.74, 6) is -1.15. The Balaban J connectivity index is 1.38. The number of benzene rings is 1. The number of pyridine rings is 1. The van der Waals surface area contributed by atoms with Gasteiger partial charge < -0.3 is 19.0 Å². The second-order valence-electron chi connectivity index (χ2n) is 9.66. The summed E-state index contributed by atoms with van der Waals surface area (Å²) >= 11 is 0. The maximum absolute atomic E-state index is 13.7. The molecule has 4 aliphatic rings. The molecule has 0 bridgehead atoms. The average molecular weight is 510 g/mol. The van der Waals surface area contributed by atoms with Gasteiger partial charge in [-0.2, -0.15) is 0 Å². The van der Waals surface area contributed by atoms with Crippen LogP contribution in [0.1, 0.15) is 29.5 Å². The number of nitrogens with zero attached hydrogens (tertiary/aromatic N) is 4. The molecule has 3 amide bonds. The predicted molar refractivity (Wildman–Crippen MR) is 138 cm³/mol. The third-order valence-electron chi connectivity index (χ3n) is 7.65. The lowest BCUT2D eigenvalue weighted by molar-refractivity contribution is -0.136. The molecule has 0 spiro atoms. The fraction of sp³-hybridized carbons (Fsp3) is 0.250. The van der Waals surface area contributed by atoms with Crippen molar-refractivity contribution in [2.45, 2.75) is 18.9 Å². The fourth-order valence-electron chi connectivity index (χ4n) is 5.88. The third kappa shape index (κ3) is 3.20. The Morgan fingerprint density at radius 1 is 1.05 bits per heavy atom. The molecule has 10 nitrogen and oxygen atoms in total. The van der Waals surface area contributed by atoms with E-state index in [0.717, 1.165) is 11.3 Å². The van der Waals surface area contributed by atoms with Crippen molar-refractivity contribution in [1.29, 1.82) is 0 Å². The van der Waals surface area contributed by atoms with Crippen molar-refractivity contribution in [3.63, 3.8) is 0 Å². The van der Waals surface area contributed by atoms with Crippen LogP contribution < -0.4 is 10.2 Å². The van der Waals surface area contributed by atoms with E-state index < -0.39 is 17.9 Å². The van der Waals surface area contributed by atoms with Crippen molar-refractivity contribution in [2.24, 2.45) is 4.99 Å². The van der Waals surface area contributed by atoms with Crippen LogP contribution >= 0.6 is 0 Å². The summed E-state index contributed by atoms with van der Waals surface area (Å²) < 4.78 is 11.1. The summed E-state index contributed by atoms with van der Waals surface area (Å²) in [5, 5.41) is 3.15. The molecule has 38 heavy (non-hydrogen) atoms. The lowest BCUT2D eigenvalue weighted by atomic mass is 9.91. The number of furan rings is 1. The number of fused-ring (bicyclic) bond motifs is 1. The number of hydrogen-bond acceptors (Lipinski definition) is 8. The Morgan fingerprint density at radius 2 is 1.87 bits per heavy atom. The maximum atomic E-state index is 13.7. The molecule has 1 N–H and O–H groups in total. The first-order valence-electron chi connectivity index (χ1n) is 12.5. The molecule has 4 aliphatic heterocycles. The van der Waals surface area contributed by atoms with Gasteiger partial charge in [-0.1, -0.05) is 25.1 Å². The summed E-state index contributed by atoms with van der Waals surface area (Å²) in [6.07, 6.45) is 8.05. The lowest BCUT2D eigenvalue weighted by Gasteiger charge is -2.33. The van der Waals surface area contributed by atoms with Crippen molar-refractivity contribution < 1.29 is 23.5 Å². The number of carbonyl (C=O) groups excluding carboxylic acids is 3. The first-order chi connectivity index (χ1) is 18.5. The molecule has 2 atom stereocenters. The van der Waals surface area contributed by atoms with Crippen molar-refractivity contribution in [3.8, 4) is 0 Å². The van der Waals surface area contributed by atoms with Crippen molar-refractivity contribution in [1.82, 2.24) is 15.2 Å². The number of morpholine rings is 1. The van der Waals surface area contributed by atoms with E-state index in [9.17, 15) is 14.4 Å². The zero-order chi connectivity index (χ0) is 26.0. The van der Waals surface area contributed by atoms with E-state index in [2.05, 4.69) is 15.3 Å². The SMILES string of the molecule is CC1c2cccc3c2N(C=CN=C3C2=C(c3cncc4ccoc34)C(=O)NC2=O)C1C(=O)N1CCOCC1. The Kier molecular flexibility index (Phi) is 5.05. The molecule has 1 fully saturated rings. The standard InChI is InChI=1S/C28H23N5O5/c1-15-17-3-2-4-18-22(30-6-7-33(24(17)18)23(15)28(36)32-8-11-37-12-9-32)21-20(26(34)31-27(21)35)19-14-29-13-16-5-10-38-25(16)19/h2-7,10,13-15,23H,8-9,11-12H2,1H3,(H,31,34,35). The van der Waals surface area contributed by atoms with E-state index in [1.807, 2.05) is 34.9 Å². The van der Waals surface area contributed by atoms with Gasteiger partial charge in [-0.05, 0) is 11.6 Å². The molecule has 1 aromatic carbocycles. The van der Waals surface area contributed by atoms with E-state index in [-0.39, 0.29) is 23.0 Å². The Labute approximate surface area is 217 Å². The Bertz CT molecular complexity index is 1630. The third-order valence-corrected chi connectivity index (χ3v) is 7.65. The summed E-state index contributed by atoms with van der Waals surface area (Å²) in [7, 11) is 0. The van der Waals surface area contributed by atoms with Gasteiger partial charge in [-0.15, -0.1) is 0 Å². The molecule has 7 rings (SSSR count). The zero-order valence-electron chi connectivity index (χ0n) is 20.5. The minimum Gasteiger partial charge on any atom is -0.464 e. The summed E-state index contributed by atoms with van der Waals surface area (Å²) in [5.41, 5.74) is 4.02. The van der Waals surface area contributed by atoms with Gasteiger partial charge in [0.1, 0.15) is 11.6 Å². The molecule has 2 aromatic heterocycles. The molecular formula is C28H23N5O5. The number of aliphatic imine (C=N–C) groups is 1. The number of hydrogen-bond donors (Lipinski definition) is 1. The summed E-state index contributed by atoms with van der Waals surface area (Å²) in [6, 6.07) is 7.07. The van der Waals surface area contributed by atoms with Gasteiger partial charge in [0.25, 0.3) is 11.8 Å². The fourth-order valence-corrected chi connectivity index (χ4v) is 5.88. The second-order valence-corrected chi connectivity index (χ2v) is 9.66. The van der Waals surface area contributed by atoms with Crippen LogP contribution in [0.15, 0.2) is 70.3 Å². The number of imide groups is 1. The highest BCUT2D eigenvalue weighted by Crippen LogP contribution is 2.46. The lowest BCUT2D eigenvalue weighted by Crippen LogP contribution is -2.50. The van der Waals surface area contributed by atoms with E-state index in [1.54, 1.807) is 24.7 Å². The molecule has 0 saturated carbocycles. The monoisotopic (exact) mass is 509 g/mol. The van der Waals surface area contributed by atoms with E-state index in [0.29, 0.717) is 54.1 Å². The van der Waals surface area contributed by atoms with Gasteiger partial charge >= 0.3 is 0 Å². The van der Waals surface area contributed by atoms with Crippen LogP contribution in [-0.4, -0.2) is 65.7 Å². The van der Waals surface area contributed by atoms with Gasteiger partial charge in [0.15, 0.2) is 0 Å². The number of amides is 3. The maximum Gasteiger partial charge on any atom is 0.261 e. The molecule has 3 aromatic rings. The minimum absolute atomic E-state index is 0.0281. The predicted octanol–water partition coefficient (Wildman–Crippen LogP) is 2.36. The molecule has 1 saturated heterocycles. The van der Waals surface area contributed by atoms with Crippen molar-refractivity contribution in [2.75, 3.05) is 31.2 Å². The highest BCUT2D eigenvalue weighted by molar-refractivity contribution is 6.48. The van der Waals surface area contributed by atoms with Crippen LogP contribution in [0.25, 0.3) is 16.5 Å². The van der Waals surface area contributed by atoms with Crippen LogP contribution in [0, 0.1) is 0 Å². The number of aromatic nitrogens is 1. The van der Waals surface area contributed by atoms with Gasteiger partial charge in [-0.25, -0.2) is 0 Å². The molecule has 190 valence electrons. The number of para-hydroxylation sites is 1. The van der Waals surface area contributed by atoms with Gasteiger partial charge in [0.2, 0.25) is 5.91 Å². The van der Waals surface area contributed by atoms with E-state index in [4.69, 9.17) is 9.15 Å². The highest BCUT2D eigenvalue weighted by Gasteiger charge is 2.45. The van der Waals surface area contributed by atoms with Gasteiger partial charge in [-0.3, -0.25) is 29.7 Å². The molecule has 10 heteroatoms. The summed E-state index contributed by atoms with van der Waals surface area (Å²) in [6.45, 7) is 4.18. The molecular weight excluding hydrogens is 486 g/mol. The first-order valence-corrected chi connectivity index (χ1v) is 12.5. The number of ether oxygens (including phenoxy) is 1. The second kappa shape index (κ2) is 8.49. The number of nitrogens with one attached hydrogen (secondary N) is 1. The molecule has 2 unspecified atom stereocenters. The van der Waals surface area contributed by atoms with Crippen molar-refractivity contribution in [3.05, 3.63) is 77.6 Å². The van der Waals surface area contributed by atoms with Crippen LogP contribution in [0.3, 0.4) is 0 Å². The Morgan fingerprint density at radius 3 is 2.71 bits per heavy atom. The molecule has 0 radical (unpaired) electrons. The highest BCUT2D eigenvalue weighted by atomic mass is 16.5. The van der Waals surface area contributed by atoms with Crippen LogP contribution in [-0.2, 0) is 19.1 Å². The molecule has 6 heterocycles. The summed E-state index contributed by atoms with van der Waals surface area (Å²) in [4.78, 5) is 52.8. The van der Waals surface area contributed by atoms with Gasteiger partial charge in [0.05, 0.1) is 42.0 Å². The van der Waals surface area contributed by atoms with Gasteiger partial charge in [0, 0.05) is 60.3 Å². The number of anilines is 1. The van der Waals surface area contributed by atoms with Crippen LogP contribution in [0.2, 0.25) is 0 Å². The van der Waals surface area contributed by atoms with E-state index in [1.165, 1.54) is 12.5 Å². The van der Waals surface area contributed by atoms with Crippen molar-refractivity contribution >= 4 is 45.7 Å². The minimum atomic E-state index is -0.543.